The summed E-state index contributed by atoms with van der Waals surface area (Å²) in [5.74, 6) is 0.504. The van der Waals surface area contributed by atoms with Gasteiger partial charge >= 0.3 is 0 Å². The van der Waals surface area contributed by atoms with Crippen LogP contribution in [0.2, 0.25) is 5.15 Å². The highest BCUT2D eigenvalue weighted by Gasteiger charge is 2.09. The van der Waals surface area contributed by atoms with Crippen LogP contribution < -0.4 is 0 Å². The van der Waals surface area contributed by atoms with Crippen LogP contribution in [0.3, 0.4) is 0 Å². The molecule has 0 fully saturated rings. The first-order valence-corrected chi connectivity index (χ1v) is 6.28. The second-order valence-corrected chi connectivity index (χ2v) is 4.41. The quantitative estimate of drug-likeness (QED) is 0.593. The maximum absolute atomic E-state index is 11.8. The zero-order valence-corrected chi connectivity index (χ0v) is 11.6. The van der Waals surface area contributed by atoms with Crippen LogP contribution in [0.4, 0.5) is 8.78 Å². The molecule has 1 rings (SSSR count). The average molecular weight is 330 g/mol. The Bertz CT molecular complexity index is 380. The van der Waals surface area contributed by atoms with Crippen LogP contribution >= 0.6 is 27.5 Å². The molecule has 0 saturated heterocycles. The molecule has 0 N–H and O–H groups in total. The monoisotopic (exact) mass is 328 g/mol. The lowest BCUT2D eigenvalue weighted by Crippen LogP contribution is -2.09. The van der Waals surface area contributed by atoms with E-state index in [9.17, 15) is 8.78 Å². The van der Waals surface area contributed by atoms with Crippen molar-refractivity contribution in [3.8, 4) is 0 Å². The van der Waals surface area contributed by atoms with Crippen LogP contribution in [0.25, 0.3) is 0 Å². The lowest BCUT2D eigenvalue weighted by Gasteiger charge is -2.07. The smallest absolute Gasteiger partial charge is 0.261 e. The molecule has 17 heavy (non-hydrogen) atoms. The van der Waals surface area contributed by atoms with Gasteiger partial charge in [-0.3, -0.25) is 0 Å². The van der Waals surface area contributed by atoms with Gasteiger partial charge in [0, 0.05) is 6.42 Å². The van der Waals surface area contributed by atoms with Crippen molar-refractivity contribution in [1.82, 2.24) is 9.97 Å². The van der Waals surface area contributed by atoms with E-state index in [0.29, 0.717) is 28.3 Å². The molecule has 96 valence electrons. The second kappa shape index (κ2) is 7.18. The van der Waals surface area contributed by atoms with E-state index < -0.39 is 13.0 Å². The van der Waals surface area contributed by atoms with Gasteiger partial charge in [-0.15, -0.1) is 0 Å². The van der Waals surface area contributed by atoms with E-state index in [4.69, 9.17) is 16.3 Å². The molecule has 7 heteroatoms. The Balaban J connectivity index is 2.57. The van der Waals surface area contributed by atoms with Gasteiger partial charge in [-0.1, -0.05) is 18.5 Å². The maximum Gasteiger partial charge on any atom is 0.261 e. The molecule has 1 aromatic rings. The molecule has 1 aromatic heterocycles. The second-order valence-electron chi connectivity index (χ2n) is 3.26. The Morgan fingerprint density at radius 2 is 2.12 bits per heavy atom. The van der Waals surface area contributed by atoms with E-state index in [1.807, 2.05) is 6.92 Å². The van der Waals surface area contributed by atoms with Gasteiger partial charge in [-0.25, -0.2) is 18.7 Å². The minimum Gasteiger partial charge on any atom is -0.375 e. The van der Waals surface area contributed by atoms with Gasteiger partial charge in [0.2, 0.25) is 0 Å². The minimum absolute atomic E-state index is 0.158. The Kier molecular flexibility index (Phi) is 6.22. The van der Waals surface area contributed by atoms with Crippen molar-refractivity contribution in [2.24, 2.45) is 0 Å². The van der Waals surface area contributed by atoms with Crippen LogP contribution in [0, 0.1) is 0 Å². The molecule has 0 radical (unpaired) electrons. The standard InChI is InChI=1S/C10H12BrClF2N2O/c1-2-6-9(11)10(12)16-8(15-6)3-4-17-5-7(13)14/h7H,2-5H2,1H3. The van der Waals surface area contributed by atoms with Gasteiger partial charge in [0.25, 0.3) is 6.43 Å². The van der Waals surface area contributed by atoms with Crippen molar-refractivity contribution in [2.75, 3.05) is 13.2 Å². The van der Waals surface area contributed by atoms with E-state index in [-0.39, 0.29) is 6.61 Å². The number of halogens is 4. The zero-order valence-electron chi connectivity index (χ0n) is 9.22. The maximum atomic E-state index is 11.8. The first-order chi connectivity index (χ1) is 8.04. The molecule has 0 spiro atoms. The molecular weight excluding hydrogens is 317 g/mol. The Labute approximate surface area is 112 Å². The summed E-state index contributed by atoms with van der Waals surface area (Å²) in [6.45, 7) is 1.54. The lowest BCUT2D eigenvalue weighted by atomic mass is 10.3. The van der Waals surface area contributed by atoms with Gasteiger partial charge in [0.05, 0.1) is 16.8 Å². The summed E-state index contributed by atoms with van der Waals surface area (Å²) in [6, 6.07) is 0. The molecular formula is C10H12BrClF2N2O. The number of hydrogen-bond donors (Lipinski definition) is 0. The Morgan fingerprint density at radius 1 is 1.41 bits per heavy atom. The van der Waals surface area contributed by atoms with Crippen molar-refractivity contribution in [3.63, 3.8) is 0 Å². The van der Waals surface area contributed by atoms with Crippen LogP contribution in [0.5, 0.6) is 0 Å². The number of alkyl halides is 2. The molecule has 0 bridgehead atoms. The average Bonchev–Trinajstić information content (AvgIpc) is 2.28. The predicted octanol–water partition coefficient (Wildman–Crippen LogP) is 3.28. The molecule has 3 nitrogen and oxygen atoms in total. The summed E-state index contributed by atoms with van der Waals surface area (Å²) < 4.78 is 29.1. The van der Waals surface area contributed by atoms with Gasteiger partial charge in [0.1, 0.15) is 17.6 Å². The van der Waals surface area contributed by atoms with E-state index in [1.165, 1.54) is 0 Å². The summed E-state index contributed by atoms with van der Waals surface area (Å²) in [7, 11) is 0. The molecule has 0 aliphatic carbocycles. The summed E-state index contributed by atoms with van der Waals surface area (Å²) in [6.07, 6.45) is -1.36. The topological polar surface area (TPSA) is 35.0 Å². The summed E-state index contributed by atoms with van der Waals surface area (Å²) in [5, 5.41) is 0.334. The van der Waals surface area contributed by atoms with Crippen molar-refractivity contribution >= 4 is 27.5 Å². The number of aromatic nitrogens is 2. The normalized spacial score (nSPS) is 11.2. The van der Waals surface area contributed by atoms with E-state index in [2.05, 4.69) is 25.9 Å². The zero-order chi connectivity index (χ0) is 12.8. The fourth-order valence-electron chi connectivity index (χ4n) is 1.19. The minimum atomic E-state index is -2.45. The number of nitrogens with zero attached hydrogens (tertiary/aromatic N) is 2. The highest BCUT2D eigenvalue weighted by Crippen LogP contribution is 2.23. The summed E-state index contributed by atoms with van der Waals surface area (Å²) in [4.78, 5) is 8.30. The molecule has 0 aliphatic heterocycles. The van der Waals surface area contributed by atoms with Crippen LogP contribution in [0.1, 0.15) is 18.4 Å². The summed E-state index contributed by atoms with van der Waals surface area (Å²) >= 11 is 9.19. The fourth-order valence-corrected chi connectivity index (χ4v) is 1.86. The number of aryl methyl sites for hydroxylation is 1. The first kappa shape index (κ1) is 14.7. The lowest BCUT2D eigenvalue weighted by molar-refractivity contribution is 0.0182. The Morgan fingerprint density at radius 3 is 2.71 bits per heavy atom. The third-order valence-electron chi connectivity index (χ3n) is 1.97. The molecule has 0 saturated carbocycles. The fraction of sp³-hybridized carbons (Fsp3) is 0.600. The Hall–Kier alpha value is -0.330. The first-order valence-electron chi connectivity index (χ1n) is 5.11. The van der Waals surface area contributed by atoms with Crippen molar-refractivity contribution in [1.29, 1.82) is 0 Å². The highest BCUT2D eigenvalue weighted by molar-refractivity contribution is 9.10. The number of hydrogen-bond acceptors (Lipinski definition) is 3. The van der Waals surface area contributed by atoms with E-state index >= 15 is 0 Å². The van der Waals surface area contributed by atoms with Crippen LogP contribution in [-0.2, 0) is 17.6 Å². The molecule has 0 unspecified atom stereocenters. The molecule has 0 amide bonds. The SMILES string of the molecule is CCc1nc(CCOCC(F)F)nc(Cl)c1Br. The molecule has 0 atom stereocenters. The van der Waals surface area contributed by atoms with Crippen molar-refractivity contribution in [2.45, 2.75) is 26.2 Å². The van der Waals surface area contributed by atoms with Crippen LogP contribution in [-0.4, -0.2) is 29.6 Å². The van der Waals surface area contributed by atoms with Crippen molar-refractivity contribution < 1.29 is 13.5 Å². The molecule has 0 aromatic carbocycles. The third kappa shape index (κ3) is 4.81. The molecule has 1 heterocycles. The largest absolute Gasteiger partial charge is 0.375 e. The van der Waals surface area contributed by atoms with Gasteiger partial charge in [0.15, 0.2) is 0 Å². The summed E-state index contributed by atoms with van der Waals surface area (Å²) in [5.41, 5.74) is 0.800. The van der Waals surface area contributed by atoms with E-state index in [1.54, 1.807) is 0 Å². The van der Waals surface area contributed by atoms with Crippen LogP contribution in [0.15, 0.2) is 4.47 Å². The van der Waals surface area contributed by atoms with Gasteiger partial charge in [-0.2, -0.15) is 0 Å². The predicted molar refractivity (Wildman–Crippen MR) is 64.6 cm³/mol. The van der Waals surface area contributed by atoms with Gasteiger partial charge in [-0.05, 0) is 22.4 Å². The van der Waals surface area contributed by atoms with E-state index in [0.717, 1.165) is 5.69 Å². The number of rotatable bonds is 6. The molecule has 0 aliphatic rings. The highest BCUT2D eigenvalue weighted by atomic mass is 79.9. The van der Waals surface area contributed by atoms with Gasteiger partial charge < -0.3 is 4.74 Å². The number of ether oxygens (including phenoxy) is 1. The van der Waals surface area contributed by atoms with Crippen molar-refractivity contribution in [3.05, 3.63) is 21.1 Å². The third-order valence-corrected chi connectivity index (χ3v) is 3.31.